The van der Waals surface area contributed by atoms with E-state index in [0.717, 1.165) is 0 Å². The number of nitrogens with zero attached hydrogens (tertiary/aromatic N) is 2. The highest BCUT2D eigenvalue weighted by molar-refractivity contribution is 7.89. The number of sulfonamides is 1. The Labute approximate surface area is 166 Å². The Kier molecular flexibility index (Phi) is 6.02. The summed E-state index contributed by atoms with van der Waals surface area (Å²) in [5, 5.41) is 2.78. The van der Waals surface area contributed by atoms with Gasteiger partial charge in [-0.15, -0.1) is 0 Å². The van der Waals surface area contributed by atoms with Gasteiger partial charge in [0.25, 0.3) is 5.91 Å². The molecule has 0 spiro atoms. The highest BCUT2D eigenvalue weighted by Gasteiger charge is 2.29. The molecule has 8 heteroatoms. The summed E-state index contributed by atoms with van der Waals surface area (Å²) < 4.78 is 32.8. The van der Waals surface area contributed by atoms with Crippen molar-refractivity contribution in [2.45, 2.75) is 11.8 Å². The molecule has 0 bridgehead atoms. The molecule has 1 saturated heterocycles. The summed E-state index contributed by atoms with van der Waals surface area (Å²) in [4.78, 5) is 14.9. The molecule has 1 N–H and O–H groups in total. The monoisotopic (exact) mass is 403 g/mol. The van der Waals surface area contributed by atoms with E-state index in [1.54, 1.807) is 50.4 Å². The van der Waals surface area contributed by atoms with Gasteiger partial charge in [-0.25, -0.2) is 8.42 Å². The zero-order valence-corrected chi connectivity index (χ0v) is 17.1. The van der Waals surface area contributed by atoms with Gasteiger partial charge in [0.05, 0.1) is 12.0 Å². The number of methoxy groups -OCH3 is 1. The summed E-state index contributed by atoms with van der Waals surface area (Å²) in [6.07, 6.45) is 0. The van der Waals surface area contributed by atoms with Crippen molar-refractivity contribution in [2.75, 3.05) is 45.7 Å². The smallest absolute Gasteiger partial charge is 0.255 e. The molecule has 0 atom stereocenters. The summed E-state index contributed by atoms with van der Waals surface area (Å²) in [6.45, 7) is 4.01. The molecular weight excluding hydrogens is 378 g/mol. The zero-order chi connectivity index (χ0) is 20.3. The number of anilines is 1. The van der Waals surface area contributed by atoms with E-state index in [-0.39, 0.29) is 10.8 Å². The van der Waals surface area contributed by atoms with Crippen LogP contribution >= 0.6 is 0 Å². The second-order valence-electron chi connectivity index (χ2n) is 6.87. The molecule has 0 radical (unpaired) electrons. The van der Waals surface area contributed by atoms with Gasteiger partial charge < -0.3 is 15.0 Å². The lowest BCUT2D eigenvalue weighted by atomic mass is 10.1. The summed E-state index contributed by atoms with van der Waals surface area (Å²) >= 11 is 0. The topological polar surface area (TPSA) is 78.9 Å². The minimum Gasteiger partial charge on any atom is -0.497 e. The first kappa shape index (κ1) is 20.3. The third-order valence-corrected chi connectivity index (χ3v) is 6.90. The van der Waals surface area contributed by atoms with Crippen molar-refractivity contribution < 1.29 is 17.9 Å². The number of nitrogens with one attached hydrogen (secondary N) is 1. The first-order chi connectivity index (χ1) is 13.3. The van der Waals surface area contributed by atoms with E-state index in [0.29, 0.717) is 48.7 Å². The highest BCUT2D eigenvalue weighted by Crippen LogP contribution is 2.24. The number of rotatable bonds is 5. The minimum absolute atomic E-state index is 0.176. The molecular formula is C20H25N3O4S. The Balaban J connectivity index is 1.85. The molecule has 0 saturated carbocycles. The Hall–Kier alpha value is -2.42. The van der Waals surface area contributed by atoms with E-state index in [1.165, 1.54) is 10.4 Å². The number of likely N-dealkylation sites (N-methyl/N-ethyl adjacent to an activating group) is 1. The first-order valence-corrected chi connectivity index (χ1v) is 10.5. The molecule has 1 aliphatic heterocycles. The molecule has 1 amide bonds. The van der Waals surface area contributed by atoms with Gasteiger partial charge in [-0.1, -0.05) is 12.1 Å². The van der Waals surface area contributed by atoms with E-state index in [4.69, 9.17) is 4.74 Å². The molecule has 7 nitrogen and oxygen atoms in total. The Morgan fingerprint density at radius 3 is 2.46 bits per heavy atom. The number of carbonyl (C=O) groups is 1. The molecule has 1 heterocycles. The number of piperazine rings is 1. The Morgan fingerprint density at radius 2 is 1.79 bits per heavy atom. The number of carbonyl (C=O) groups excluding carboxylic acids is 1. The van der Waals surface area contributed by atoms with E-state index >= 15 is 0 Å². The fourth-order valence-electron chi connectivity index (χ4n) is 3.09. The molecule has 0 aromatic heterocycles. The number of aryl methyl sites for hydroxylation is 1. The van der Waals surface area contributed by atoms with Crippen molar-refractivity contribution in [1.82, 2.24) is 9.21 Å². The maximum Gasteiger partial charge on any atom is 0.255 e. The fraction of sp³-hybridized carbons (Fsp3) is 0.350. The van der Waals surface area contributed by atoms with Crippen molar-refractivity contribution in [1.29, 1.82) is 0 Å². The van der Waals surface area contributed by atoms with Crippen molar-refractivity contribution in [2.24, 2.45) is 0 Å². The lowest BCUT2D eigenvalue weighted by Gasteiger charge is -2.32. The molecule has 0 unspecified atom stereocenters. The van der Waals surface area contributed by atoms with Crippen LogP contribution in [-0.2, 0) is 10.0 Å². The molecule has 150 valence electrons. The van der Waals surface area contributed by atoms with Gasteiger partial charge in [0, 0.05) is 43.5 Å². The van der Waals surface area contributed by atoms with Gasteiger partial charge in [-0.2, -0.15) is 4.31 Å². The average molecular weight is 404 g/mol. The predicted octanol–water partition coefficient (Wildman–Crippen LogP) is 2.19. The molecule has 1 aliphatic rings. The third kappa shape index (κ3) is 4.35. The molecule has 0 aliphatic carbocycles. The number of hydrogen-bond donors (Lipinski definition) is 1. The van der Waals surface area contributed by atoms with E-state index < -0.39 is 10.0 Å². The maximum absolute atomic E-state index is 13.1. The van der Waals surface area contributed by atoms with Crippen LogP contribution in [0.5, 0.6) is 5.75 Å². The summed E-state index contributed by atoms with van der Waals surface area (Å²) in [7, 11) is -0.126. The zero-order valence-electron chi connectivity index (χ0n) is 16.3. The van der Waals surface area contributed by atoms with Crippen LogP contribution in [0.2, 0.25) is 0 Å². The SMILES string of the molecule is COc1cccc(NC(=O)c2ccc(C)c(S(=O)(=O)N3CCN(C)CC3)c2)c1. The third-order valence-electron chi connectivity index (χ3n) is 4.86. The molecule has 3 rings (SSSR count). The van der Waals surface area contributed by atoms with Crippen molar-refractivity contribution >= 4 is 21.6 Å². The Morgan fingerprint density at radius 1 is 1.07 bits per heavy atom. The number of amides is 1. The Bertz CT molecular complexity index is 967. The maximum atomic E-state index is 13.1. The quantitative estimate of drug-likeness (QED) is 0.828. The van der Waals surface area contributed by atoms with Gasteiger partial charge >= 0.3 is 0 Å². The lowest BCUT2D eigenvalue weighted by Crippen LogP contribution is -2.47. The summed E-state index contributed by atoms with van der Waals surface area (Å²) in [5.41, 5.74) is 1.49. The number of ether oxygens (including phenoxy) is 1. The van der Waals surface area contributed by atoms with Crippen LogP contribution in [0.25, 0.3) is 0 Å². The fourth-order valence-corrected chi connectivity index (χ4v) is 4.76. The predicted molar refractivity (Wildman–Crippen MR) is 108 cm³/mol. The second kappa shape index (κ2) is 8.30. The summed E-state index contributed by atoms with van der Waals surface area (Å²) in [5.74, 6) is 0.253. The van der Waals surface area contributed by atoms with E-state index in [2.05, 4.69) is 10.2 Å². The largest absolute Gasteiger partial charge is 0.497 e. The van der Waals surface area contributed by atoms with Gasteiger partial charge in [0.2, 0.25) is 10.0 Å². The minimum atomic E-state index is -3.65. The highest BCUT2D eigenvalue weighted by atomic mass is 32.2. The van der Waals surface area contributed by atoms with Crippen molar-refractivity contribution in [3.05, 3.63) is 53.6 Å². The standard InChI is InChI=1S/C20H25N3O4S/c1-15-7-8-16(20(24)21-17-5-4-6-18(14-17)27-3)13-19(15)28(25,26)23-11-9-22(2)10-12-23/h4-8,13-14H,9-12H2,1-3H3,(H,21,24). The van der Waals surface area contributed by atoms with Crippen molar-refractivity contribution in [3.63, 3.8) is 0 Å². The molecule has 2 aromatic carbocycles. The van der Waals surface area contributed by atoms with E-state index in [1.807, 2.05) is 7.05 Å². The first-order valence-electron chi connectivity index (χ1n) is 9.06. The summed E-state index contributed by atoms with van der Waals surface area (Å²) in [6, 6.07) is 11.8. The lowest BCUT2D eigenvalue weighted by molar-refractivity contribution is 0.102. The van der Waals surface area contributed by atoms with Gasteiger partial charge in [-0.05, 0) is 43.8 Å². The van der Waals surface area contributed by atoms with Gasteiger partial charge in [0.15, 0.2) is 0 Å². The molecule has 2 aromatic rings. The van der Waals surface area contributed by atoms with Gasteiger partial charge in [0.1, 0.15) is 5.75 Å². The number of benzene rings is 2. The average Bonchev–Trinajstić information content (AvgIpc) is 2.68. The van der Waals surface area contributed by atoms with Crippen LogP contribution < -0.4 is 10.1 Å². The normalized spacial score (nSPS) is 16.0. The molecule has 1 fully saturated rings. The van der Waals surface area contributed by atoms with Crippen LogP contribution in [0.15, 0.2) is 47.4 Å². The molecule has 28 heavy (non-hydrogen) atoms. The van der Waals surface area contributed by atoms with Crippen LogP contribution in [0.4, 0.5) is 5.69 Å². The van der Waals surface area contributed by atoms with Crippen LogP contribution in [-0.4, -0.2) is 63.9 Å². The van der Waals surface area contributed by atoms with Gasteiger partial charge in [-0.3, -0.25) is 4.79 Å². The van der Waals surface area contributed by atoms with Crippen LogP contribution in [0, 0.1) is 6.92 Å². The van der Waals surface area contributed by atoms with Crippen LogP contribution in [0.1, 0.15) is 15.9 Å². The van der Waals surface area contributed by atoms with E-state index in [9.17, 15) is 13.2 Å². The van der Waals surface area contributed by atoms with Crippen LogP contribution in [0.3, 0.4) is 0 Å². The van der Waals surface area contributed by atoms with Crippen molar-refractivity contribution in [3.8, 4) is 5.75 Å². The second-order valence-corrected chi connectivity index (χ2v) is 8.78. The number of hydrogen-bond acceptors (Lipinski definition) is 5.